The first-order chi connectivity index (χ1) is 7.74. The van der Waals surface area contributed by atoms with Gasteiger partial charge < -0.3 is 10.4 Å². The minimum absolute atomic E-state index is 0.220. The normalized spacial score (nSPS) is 11.7. The average Bonchev–Trinajstić information content (AvgIpc) is 2.71. The number of nitrogens with zero attached hydrogens (tertiary/aromatic N) is 3. The van der Waals surface area contributed by atoms with Crippen LogP contribution in [-0.2, 0) is 0 Å². The Balaban J connectivity index is 2.61. The summed E-state index contributed by atoms with van der Waals surface area (Å²) in [5.74, 6) is 0. The second-order valence-corrected chi connectivity index (χ2v) is 3.18. The molecule has 1 N–H and O–H groups in total. The second kappa shape index (κ2) is 4.01. The molecule has 0 saturated heterocycles. The van der Waals surface area contributed by atoms with Crippen LogP contribution in [0.5, 0.6) is 0 Å². The van der Waals surface area contributed by atoms with E-state index in [0.29, 0.717) is 10.5 Å². The van der Waals surface area contributed by atoms with Crippen molar-refractivity contribution in [3.8, 4) is 11.3 Å². The number of rotatable bonds is 2. The summed E-state index contributed by atoms with van der Waals surface area (Å²) < 4.78 is 4.49. The Hall–Kier alpha value is -2.37. The molecular weight excluding hydrogens is 210 g/mol. The highest BCUT2D eigenvalue weighted by molar-refractivity contribution is 6.00. The van der Waals surface area contributed by atoms with Crippen molar-refractivity contribution in [1.82, 2.24) is 5.16 Å². The standard InChI is InChI=1S/C10H9N3O3/c1-7(11-14)9-10(13(15)16-12-9)8-5-3-2-4-6-8/h2-6,14H,1H3/b11-7+. The van der Waals surface area contributed by atoms with Gasteiger partial charge in [-0.15, -0.1) is 0 Å². The Morgan fingerprint density at radius 2 is 2.12 bits per heavy atom. The number of benzene rings is 1. The zero-order valence-electron chi connectivity index (χ0n) is 8.49. The molecule has 2 aromatic rings. The first-order valence-electron chi connectivity index (χ1n) is 4.58. The van der Waals surface area contributed by atoms with Crippen LogP contribution >= 0.6 is 0 Å². The van der Waals surface area contributed by atoms with Crippen molar-refractivity contribution in [3.63, 3.8) is 0 Å². The molecule has 0 radical (unpaired) electrons. The van der Waals surface area contributed by atoms with E-state index in [1.165, 1.54) is 6.92 Å². The second-order valence-electron chi connectivity index (χ2n) is 3.18. The lowest BCUT2D eigenvalue weighted by molar-refractivity contribution is -0.793. The number of aromatic nitrogens is 2. The van der Waals surface area contributed by atoms with Crippen LogP contribution in [0.3, 0.4) is 0 Å². The highest BCUT2D eigenvalue weighted by atomic mass is 16.8. The first kappa shape index (κ1) is 10.2. The molecule has 1 aromatic heterocycles. The van der Waals surface area contributed by atoms with E-state index in [0.717, 1.165) is 0 Å². The average molecular weight is 219 g/mol. The lowest BCUT2D eigenvalue weighted by Crippen LogP contribution is -2.26. The van der Waals surface area contributed by atoms with Gasteiger partial charge in [0, 0.05) is 10.7 Å². The third-order valence-corrected chi connectivity index (χ3v) is 2.15. The zero-order valence-corrected chi connectivity index (χ0v) is 8.49. The molecular formula is C10H9N3O3. The smallest absolute Gasteiger partial charge is 0.273 e. The Morgan fingerprint density at radius 3 is 2.75 bits per heavy atom. The van der Waals surface area contributed by atoms with Gasteiger partial charge in [0.05, 0.1) is 0 Å². The Labute approximate surface area is 91.0 Å². The first-order valence-corrected chi connectivity index (χ1v) is 4.58. The summed E-state index contributed by atoms with van der Waals surface area (Å²) in [5, 5.41) is 26.6. The number of hydrogen-bond acceptors (Lipinski definition) is 5. The molecule has 0 unspecified atom stereocenters. The van der Waals surface area contributed by atoms with Crippen LogP contribution in [0.15, 0.2) is 40.1 Å². The molecule has 0 amide bonds. The fraction of sp³-hybridized carbons (Fsp3) is 0.100. The molecule has 0 saturated carbocycles. The van der Waals surface area contributed by atoms with Crippen molar-refractivity contribution in [1.29, 1.82) is 0 Å². The van der Waals surface area contributed by atoms with Crippen molar-refractivity contribution in [2.24, 2.45) is 5.16 Å². The third kappa shape index (κ3) is 1.60. The van der Waals surface area contributed by atoms with Crippen LogP contribution in [0.2, 0.25) is 0 Å². The topological polar surface area (TPSA) is 85.6 Å². The van der Waals surface area contributed by atoms with Gasteiger partial charge in [-0.2, -0.15) is 0 Å². The van der Waals surface area contributed by atoms with Gasteiger partial charge >= 0.3 is 0 Å². The van der Waals surface area contributed by atoms with E-state index in [2.05, 4.69) is 14.9 Å². The predicted molar refractivity (Wildman–Crippen MR) is 54.9 cm³/mol. The van der Waals surface area contributed by atoms with Crippen molar-refractivity contribution < 1.29 is 14.7 Å². The highest BCUT2D eigenvalue weighted by Gasteiger charge is 2.23. The maximum atomic E-state index is 11.4. The van der Waals surface area contributed by atoms with Crippen LogP contribution in [0.1, 0.15) is 12.6 Å². The maximum Gasteiger partial charge on any atom is 0.273 e. The highest BCUT2D eigenvalue weighted by Crippen LogP contribution is 2.18. The summed E-state index contributed by atoms with van der Waals surface area (Å²) in [6, 6.07) is 8.90. The molecule has 16 heavy (non-hydrogen) atoms. The fourth-order valence-electron chi connectivity index (χ4n) is 1.37. The van der Waals surface area contributed by atoms with E-state index in [9.17, 15) is 5.21 Å². The molecule has 0 fully saturated rings. The van der Waals surface area contributed by atoms with Gasteiger partial charge in [-0.1, -0.05) is 35.5 Å². The van der Waals surface area contributed by atoms with Gasteiger partial charge in [0.1, 0.15) is 5.71 Å². The van der Waals surface area contributed by atoms with E-state index in [1.807, 2.05) is 6.07 Å². The largest absolute Gasteiger partial charge is 0.411 e. The van der Waals surface area contributed by atoms with Crippen LogP contribution < -0.4 is 4.90 Å². The van der Waals surface area contributed by atoms with Gasteiger partial charge in [0.25, 0.3) is 5.69 Å². The van der Waals surface area contributed by atoms with Crippen molar-refractivity contribution in [3.05, 3.63) is 41.2 Å². The lowest BCUT2D eigenvalue weighted by Gasteiger charge is -1.97. The van der Waals surface area contributed by atoms with Gasteiger partial charge in [0.15, 0.2) is 0 Å². The summed E-state index contributed by atoms with van der Waals surface area (Å²) >= 11 is 0. The van der Waals surface area contributed by atoms with Crippen LogP contribution in [0, 0.1) is 5.21 Å². The molecule has 6 heteroatoms. The monoisotopic (exact) mass is 219 g/mol. The summed E-state index contributed by atoms with van der Waals surface area (Å²) in [6.45, 7) is 1.53. The molecule has 82 valence electrons. The molecule has 2 rings (SSSR count). The van der Waals surface area contributed by atoms with E-state index in [4.69, 9.17) is 5.21 Å². The third-order valence-electron chi connectivity index (χ3n) is 2.15. The lowest BCUT2D eigenvalue weighted by atomic mass is 10.1. The zero-order chi connectivity index (χ0) is 11.5. The molecule has 6 nitrogen and oxygen atoms in total. The Kier molecular flexibility index (Phi) is 2.55. The van der Waals surface area contributed by atoms with Gasteiger partial charge in [-0.25, -0.2) is 0 Å². The fourth-order valence-corrected chi connectivity index (χ4v) is 1.37. The summed E-state index contributed by atoms with van der Waals surface area (Å²) in [6.07, 6.45) is 0. The quantitative estimate of drug-likeness (QED) is 0.355. The molecule has 0 aliphatic rings. The SMILES string of the molecule is C/C(=N\O)c1no[n+]([O-])c1-c1ccccc1. The summed E-state index contributed by atoms with van der Waals surface area (Å²) in [4.78, 5) is 0.291. The van der Waals surface area contributed by atoms with Gasteiger partial charge in [-0.05, 0) is 11.8 Å². The van der Waals surface area contributed by atoms with E-state index in [1.54, 1.807) is 24.3 Å². The molecule has 1 heterocycles. The summed E-state index contributed by atoms with van der Waals surface area (Å²) in [5.41, 5.74) is 1.33. The molecule has 0 bridgehead atoms. The van der Waals surface area contributed by atoms with Crippen LogP contribution in [-0.4, -0.2) is 16.1 Å². The minimum atomic E-state index is 0.220. The molecule has 0 atom stereocenters. The predicted octanol–water partition coefficient (Wildman–Crippen LogP) is 1.17. The molecule has 0 spiro atoms. The number of oxime groups is 1. The van der Waals surface area contributed by atoms with E-state index >= 15 is 0 Å². The van der Waals surface area contributed by atoms with E-state index in [-0.39, 0.29) is 17.1 Å². The maximum absolute atomic E-state index is 11.4. The van der Waals surface area contributed by atoms with Crippen molar-refractivity contribution in [2.45, 2.75) is 6.92 Å². The van der Waals surface area contributed by atoms with Gasteiger partial charge in [0.2, 0.25) is 5.69 Å². The minimum Gasteiger partial charge on any atom is -0.411 e. The van der Waals surface area contributed by atoms with E-state index < -0.39 is 0 Å². The number of hydrogen-bond donors (Lipinski definition) is 1. The molecule has 1 aromatic carbocycles. The Morgan fingerprint density at radius 1 is 1.44 bits per heavy atom. The van der Waals surface area contributed by atoms with Gasteiger partial charge in [-0.3, -0.25) is 4.63 Å². The molecule has 0 aliphatic heterocycles. The summed E-state index contributed by atoms with van der Waals surface area (Å²) in [7, 11) is 0. The molecule has 0 aliphatic carbocycles. The van der Waals surface area contributed by atoms with Crippen molar-refractivity contribution >= 4 is 5.71 Å². The van der Waals surface area contributed by atoms with Crippen LogP contribution in [0.4, 0.5) is 0 Å². The van der Waals surface area contributed by atoms with Crippen LogP contribution in [0.25, 0.3) is 11.3 Å². The van der Waals surface area contributed by atoms with Crippen molar-refractivity contribution in [2.75, 3.05) is 0 Å². The Bertz CT molecular complexity index is 519.